The fraction of sp³-hybridized carbons (Fsp3) is 0.0526. The van der Waals surface area contributed by atoms with E-state index in [1.165, 1.54) is 29.5 Å². The van der Waals surface area contributed by atoms with Crippen molar-refractivity contribution in [3.8, 4) is 5.75 Å². The van der Waals surface area contributed by atoms with Crippen molar-refractivity contribution < 1.29 is 9.90 Å². The average molecular weight is 360 g/mol. The summed E-state index contributed by atoms with van der Waals surface area (Å²) in [6, 6.07) is 14.2. The summed E-state index contributed by atoms with van der Waals surface area (Å²) < 4.78 is 3.38. The van der Waals surface area contributed by atoms with Gasteiger partial charge in [-0.25, -0.2) is 4.68 Å². The number of aromatic hydroxyl groups is 1. The van der Waals surface area contributed by atoms with E-state index in [-0.39, 0.29) is 18.2 Å². The van der Waals surface area contributed by atoms with Crippen LogP contribution in [-0.2, 0) is 11.3 Å². The predicted molar refractivity (Wildman–Crippen MR) is 102 cm³/mol. The molecule has 8 nitrogen and oxygen atoms in total. The highest BCUT2D eigenvalue weighted by atomic mass is 16.3. The molecule has 0 bridgehead atoms. The zero-order chi connectivity index (χ0) is 18.6. The van der Waals surface area contributed by atoms with Gasteiger partial charge in [-0.1, -0.05) is 18.2 Å². The SMILES string of the molecule is O=C(Cn1cc(/C=N/n2cnnc2)c2ccccc21)Nc1ccc(O)cc1. The van der Waals surface area contributed by atoms with Crippen LogP contribution in [0.2, 0.25) is 0 Å². The van der Waals surface area contributed by atoms with Crippen LogP contribution >= 0.6 is 0 Å². The Morgan fingerprint density at radius 2 is 1.85 bits per heavy atom. The number of benzene rings is 2. The van der Waals surface area contributed by atoms with Crippen molar-refractivity contribution in [3.05, 3.63) is 72.9 Å². The summed E-state index contributed by atoms with van der Waals surface area (Å²) in [4.78, 5) is 12.4. The molecule has 2 aromatic heterocycles. The molecule has 27 heavy (non-hydrogen) atoms. The molecule has 0 aliphatic carbocycles. The minimum Gasteiger partial charge on any atom is -0.508 e. The largest absolute Gasteiger partial charge is 0.508 e. The molecule has 0 fully saturated rings. The number of rotatable bonds is 5. The number of fused-ring (bicyclic) bond motifs is 1. The van der Waals surface area contributed by atoms with Crippen molar-refractivity contribution in [2.24, 2.45) is 5.10 Å². The summed E-state index contributed by atoms with van der Waals surface area (Å²) >= 11 is 0. The van der Waals surface area contributed by atoms with E-state index in [1.807, 2.05) is 35.0 Å². The number of amides is 1. The fourth-order valence-electron chi connectivity index (χ4n) is 2.79. The van der Waals surface area contributed by atoms with Crippen LogP contribution in [0.15, 0.2) is 72.5 Å². The molecule has 134 valence electrons. The third-order valence-corrected chi connectivity index (χ3v) is 4.02. The Morgan fingerprint density at radius 1 is 1.11 bits per heavy atom. The van der Waals surface area contributed by atoms with E-state index in [0.717, 1.165) is 16.5 Å². The number of para-hydroxylation sites is 1. The van der Waals surface area contributed by atoms with Crippen LogP contribution in [0, 0.1) is 0 Å². The molecule has 0 saturated heterocycles. The number of phenolic OH excluding ortho intramolecular Hbond substituents is 1. The van der Waals surface area contributed by atoms with Crippen molar-refractivity contribution in [2.75, 3.05) is 5.32 Å². The van der Waals surface area contributed by atoms with Crippen molar-refractivity contribution in [3.63, 3.8) is 0 Å². The number of hydrogen-bond acceptors (Lipinski definition) is 5. The van der Waals surface area contributed by atoms with E-state index in [2.05, 4.69) is 20.6 Å². The molecule has 0 aliphatic heterocycles. The molecule has 0 aliphatic rings. The van der Waals surface area contributed by atoms with Gasteiger partial charge in [0.1, 0.15) is 24.9 Å². The molecule has 2 N–H and O–H groups in total. The van der Waals surface area contributed by atoms with Gasteiger partial charge in [0.15, 0.2) is 0 Å². The number of hydrogen-bond donors (Lipinski definition) is 2. The Balaban J connectivity index is 1.58. The molecule has 4 aromatic rings. The average Bonchev–Trinajstić information content (AvgIpc) is 3.30. The van der Waals surface area contributed by atoms with Gasteiger partial charge in [0.2, 0.25) is 5.91 Å². The number of anilines is 1. The maximum absolute atomic E-state index is 12.4. The highest BCUT2D eigenvalue weighted by Crippen LogP contribution is 2.20. The molecule has 0 unspecified atom stereocenters. The lowest BCUT2D eigenvalue weighted by atomic mass is 10.2. The van der Waals surface area contributed by atoms with Gasteiger partial charge in [-0.15, -0.1) is 10.2 Å². The molecule has 0 spiro atoms. The van der Waals surface area contributed by atoms with E-state index in [9.17, 15) is 9.90 Å². The first-order valence-corrected chi connectivity index (χ1v) is 8.25. The molecule has 1 amide bonds. The van der Waals surface area contributed by atoms with Crippen LogP contribution in [0.5, 0.6) is 5.75 Å². The second-order valence-corrected chi connectivity index (χ2v) is 5.91. The summed E-state index contributed by atoms with van der Waals surface area (Å²) in [6.45, 7) is 0.155. The zero-order valence-corrected chi connectivity index (χ0v) is 14.2. The highest BCUT2D eigenvalue weighted by molar-refractivity contribution is 6.00. The van der Waals surface area contributed by atoms with Crippen LogP contribution in [0.4, 0.5) is 5.69 Å². The van der Waals surface area contributed by atoms with Crippen LogP contribution < -0.4 is 5.32 Å². The maximum Gasteiger partial charge on any atom is 0.244 e. The highest BCUT2D eigenvalue weighted by Gasteiger charge is 2.10. The molecule has 8 heteroatoms. The quantitative estimate of drug-likeness (QED) is 0.422. The van der Waals surface area contributed by atoms with E-state index >= 15 is 0 Å². The van der Waals surface area contributed by atoms with Crippen molar-refractivity contribution in [1.29, 1.82) is 0 Å². The van der Waals surface area contributed by atoms with Gasteiger partial charge < -0.3 is 15.0 Å². The van der Waals surface area contributed by atoms with Crippen molar-refractivity contribution >= 4 is 28.7 Å². The van der Waals surface area contributed by atoms with Gasteiger partial charge in [-0.3, -0.25) is 4.79 Å². The van der Waals surface area contributed by atoms with Crippen LogP contribution in [0.25, 0.3) is 10.9 Å². The monoisotopic (exact) mass is 360 g/mol. The molecular formula is C19H16N6O2. The third kappa shape index (κ3) is 3.69. The molecule has 2 aromatic carbocycles. The Kier molecular flexibility index (Phi) is 4.36. The van der Waals surface area contributed by atoms with E-state index < -0.39 is 0 Å². The minimum absolute atomic E-state index is 0.154. The number of nitrogens with one attached hydrogen (secondary N) is 1. The molecule has 0 radical (unpaired) electrons. The summed E-state index contributed by atoms with van der Waals surface area (Å²) in [5.74, 6) is -0.00911. The molecule has 2 heterocycles. The lowest BCUT2D eigenvalue weighted by molar-refractivity contribution is -0.116. The van der Waals surface area contributed by atoms with Crippen molar-refractivity contribution in [1.82, 2.24) is 19.4 Å². The van der Waals surface area contributed by atoms with Gasteiger partial charge in [0, 0.05) is 28.4 Å². The van der Waals surface area contributed by atoms with Gasteiger partial charge in [-0.2, -0.15) is 5.10 Å². The first-order valence-electron chi connectivity index (χ1n) is 8.25. The number of nitrogens with zero attached hydrogens (tertiary/aromatic N) is 5. The summed E-state index contributed by atoms with van der Waals surface area (Å²) in [5, 5.41) is 24.8. The van der Waals surface area contributed by atoms with Gasteiger partial charge in [-0.05, 0) is 30.3 Å². The summed E-state index contributed by atoms with van der Waals surface area (Å²) in [6.07, 6.45) is 6.59. The third-order valence-electron chi connectivity index (χ3n) is 4.02. The van der Waals surface area contributed by atoms with Gasteiger partial charge in [0.05, 0.1) is 6.21 Å². The van der Waals surface area contributed by atoms with Crippen LogP contribution in [0.3, 0.4) is 0 Å². The Hall–Kier alpha value is -3.94. The van der Waals surface area contributed by atoms with Crippen molar-refractivity contribution in [2.45, 2.75) is 6.54 Å². The Morgan fingerprint density at radius 3 is 2.63 bits per heavy atom. The van der Waals surface area contributed by atoms with E-state index in [4.69, 9.17) is 0 Å². The second kappa shape index (κ2) is 7.12. The standard InChI is InChI=1S/C19H16N6O2/c26-16-7-5-15(6-8-16)23-19(27)11-24-10-14(9-22-25-12-20-21-13-25)17-3-1-2-4-18(17)24/h1-10,12-13,26H,11H2,(H,23,27)/b22-9+. The molecule has 0 atom stereocenters. The predicted octanol–water partition coefficient (Wildman–Crippen LogP) is 2.46. The smallest absolute Gasteiger partial charge is 0.244 e. The topological polar surface area (TPSA) is 97.3 Å². The van der Waals surface area contributed by atoms with E-state index in [1.54, 1.807) is 18.3 Å². The number of phenols is 1. The fourth-order valence-corrected chi connectivity index (χ4v) is 2.79. The minimum atomic E-state index is -0.163. The van der Waals surface area contributed by atoms with Gasteiger partial charge >= 0.3 is 0 Å². The lowest BCUT2D eigenvalue weighted by Crippen LogP contribution is -2.18. The van der Waals surface area contributed by atoms with Crippen LogP contribution in [-0.4, -0.2) is 36.7 Å². The molecule has 0 saturated carbocycles. The first kappa shape index (κ1) is 16.5. The molecule has 4 rings (SSSR count). The first-order chi connectivity index (χ1) is 13.2. The molecular weight excluding hydrogens is 344 g/mol. The zero-order valence-electron chi connectivity index (χ0n) is 14.2. The Labute approximate surface area is 154 Å². The second-order valence-electron chi connectivity index (χ2n) is 5.91. The summed E-state index contributed by atoms with van der Waals surface area (Å²) in [7, 11) is 0. The van der Waals surface area contributed by atoms with Gasteiger partial charge in [0.25, 0.3) is 0 Å². The number of carbonyl (C=O) groups excluding carboxylic acids is 1. The normalized spacial score (nSPS) is 11.3. The van der Waals surface area contributed by atoms with Crippen LogP contribution in [0.1, 0.15) is 5.56 Å². The lowest BCUT2D eigenvalue weighted by Gasteiger charge is -2.07. The summed E-state index contributed by atoms with van der Waals surface area (Å²) in [5.41, 5.74) is 2.45. The number of carbonyl (C=O) groups is 1. The van der Waals surface area contributed by atoms with E-state index in [0.29, 0.717) is 5.69 Å². The number of aromatic nitrogens is 4. The maximum atomic E-state index is 12.4. The Bertz CT molecular complexity index is 1100.